The van der Waals surface area contributed by atoms with E-state index >= 15 is 0 Å². The lowest BCUT2D eigenvalue weighted by Gasteiger charge is -2.32. The first-order valence-electron chi connectivity index (χ1n) is 8.45. The van der Waals surface area contributed by atoms with E-state index in [4.69, 9.17) is 0 Å². The molecule has 1 amide bonds. The van der Waals surface area contributed by atoms with Gasteiger partial charge in [0, 0.05) is 12.6 Å². The summed E-state index contributed by atoms with van der Waals surface area (Å²) in [6, 6.07) is 7.26. The fraction of sp³-hybridized carbons (Fsp3) is 0.611. The van der Waals surface area contributed by atoms with Crippen molar-refractivity contribution in [3.63, 3.8) is 0 Å². The summed E-state index contributed by atoms with van der Waals surface area (Å²) in [5.41, 5.74) is 1.20. The van der Waals surface area contributed by atoms with E-state index in [0.717, 1.165) is 38.8 Å². The molecule has 1 heterocycles. The van der Waals surface area contributed by atoms with E-state index in [1.807, 2.05) is 12.1 Å². The lowest BCUT2D eigenvalue weighted by molar-refractivity contribution is -0.122. The molecule has 0 bridgehead atoms. The molecule has 3 nitrogen and oxygen atoms in total. The lowest BCUT2D eigenvalue weighted by atomic mass is 9.91. The zero-order valence-electron chi connectivity index (χ0n) is 13.1. The minimum Gasteiger partial charge on any atom is -0.352 e. The van der Waals surface area contributed by atoms with Crippen molar-refractivity contribution in [3.8, 4) is 0 Å². The molecule has 0 radical (unpaired) electrons. The van der Waals surface area contributed by atoms with Gasteiger partial charge in [-0.1, -0.05) is 12.1 Å². The Balaban J connectivity index is 1.41. The van der Waals surface area contributed by atoms with Crippen molar-refractivity contribution in [3.05, 3.63) is 35.6 Å². The molecule has 1 atom stereocenters. The van der Waals surface area contributed by atoms with Crippen molar-refractivity contribution in [1.29, 1.82) is 0 Å². The molecule has 120 valence electrons. The number of hydrogen-bond acceptors (Lipinski definition) is 2. The summed E-state index contributed by atoms with van der Waals surface area (Å²) < 4.78 is 12.9. The van der Waals surface area contributed by atoms with E-state index in [1.165, 1.54) is 30.5 Å². The summed E-state index contributed by atoms with van der Waals surface area (Å²) >= 11 is 0. The van der Waals surface area contributed by atoms with Crippen LogP contribution in [0.4, 0.5) is 4.39 Å². The molecule has 1 aromatic rings. The van der Waals surface area contributed by atoms with E-state index in [0.29, 0.717) is 18.5 Å². The Bertz CT molecular complexity index is 498. The minimum atomic E-state index is -0.172. The van der Waals surface area contributed by atoms with Crippen LogP contribution in [0.15, 0.2) is 24.3 Å². The monoisotopic (exact) mass is 304 g/mol. The molecule has 3 rings (SSSR count). The van der Waals surface area contributed by atoms with Crippen molar-refractivity contribution in [2.45, 2.75) is 44.6 Å². The maximum absolute atomic E-state index is 12.9. The lowest BCUT2D eigenvalue weighted by Crippen LogP contribution is -2.43. The molecule has 1 N–H and O–H groups in total. The second-order valence-corrected chi connectivity index (χ2v) is 6.75. The second-order valence-electron chi connectivity index (χ2n) is 6.75. The molecule has 1 aliphatic carbocycles. The highest BCUT2D eigenvalue weighted by Crippen LogP contribution is 2.22. The Morgan fingerprint density at radius 2 is 2.00 bits per heavy atom. The van der Waals surface area contributed by atoms with Crippen molar-refractivity contribution in [2.24, 2.45) is 5.92 Å². The van der Waals surface area contributed by atoms with Gasteiger partial charge in [-0.3, -0.25) is 9.69 Å². The minimum absolute atomic E-state index is 0.172. The first-order chi connectivity index (χ1) is 10.7. The number of hydrogen-bond donors (Lipinski definition) is 1. The average Bonchev–Trinajstić information content (AvgIpc) is 3.31. The van der Waals surface area contributed by atoms with Gasteiger partial charge in [-0.15, -0.1) is 0 Å². The molecule has 1 saturated heterocycles. The van der Waals surface area contributed by atoms with Gasteiger partial charge in [0.25, 0.3) is 0 Å². The number of aryl methyl sites for hydroxylation is 1. The molecule has 22 heavy (non-hydrogen) atoms. The van der Waals surface area contributed by atoms with Crippen LogP contribution < -0.4 is 5.32 Å². The van der Waals surface area contributed by atoms with Crippen LogP contribution in [0.2, 0.25) is 0 Å². The van der Waals surface area contributed by atoms with E-state index in [1.54, 1.807) is 0 Å². The van der Waals surface area contributed by atoms with Gasteiger partial charge in [0.15, 0.2) is 0 Å². The van der Waals surface area contributed by atoms with Gasteiger partial charge in [0.05, 0.1) is 6.54 Å². The van der Waals surface area contributed by atoms with Gasteiger partial charge in [0.2, 0.25) is 5.91 Å². The highest BCUT2D eigenvalue weighted by Gasteiger charge is 2.26. The van der Waals surface area contributed by atoms with Crippen LogP contribution in [0.25, 0.3) is 0 Å². The average molecular weight is 304 g/mol. The maximum Gasteiger partial charge on any atom is 0.234 e. The fourth-order valence-corrected chi connectivity index (χ4v) is 3.26. The van der Waals surface area contributed by atoms with Crippen LogP contribution in [0.3, 0.4) is 0 Å². The molecule has 2 fully saturated rings. The summed E-state index contributed by atoms with van der Waals surface area (Å²) in [5.74, 6) is 0.656. The number of carbonyl (C=O) groups excluding carboxylic acids is 1. The summed E-state index contributed by atoms with van der Waals surface area (Å²) in [5, 5.41) is 3.06. The third-order valence-corrected chi connectivity index (χ3v) is 4.67. The molecule has 0 aromatic heterocycles. The predicted octanol–water partition coefficient (Wildman–Crippen LogP) is 2.75. The molecular formula is C18H25FN2O. The van der Waals surface area contributed by atoms with Crippen molar-refractivity contribution in [2.75, 3.05) is 19.6 Å². The quantitative estimate of drug-likeness (QED) is 0.876. The second kappa shape index (κ2) is 7.23. The number of nitrogens with zero attached hydrogens (tertiary/aromatic N) is 1. The number of likely N-dealkylation sites (tertiary alicyclic amines) is 1. The van der Waals surface area contributed by atoms with Crippen LogP contribution in [0.1, 0.15) is 37.7 Å². The van der Waals surface area contributed by atoms with Crippen molar-refractivity contribution in [1.82, 2.24) is 10.2 Å². The summed E-state index contributed by atoms with van der Waals surface area (Å²) in [4.78, 5) is 14.2. The van der Waals surface area contributed by atoms with E-state index in [-0.39, 0.29) is 11.7 Å². The summed E-state index contributed by atoms with van der Waals surface area (Å²) in [6.07, 6.45) is 6.81. The molecule has 1 aliphatic heterocycles. The summed E-state index contributed by atoms with van der Waals surface area (Å²) in [7, 11) is 0. The Kier molecular flexibility index (Phi) is 5.08. The molecule has 0 spiro atoms. The summed E-state index contributed by atoms with van der Waals surface area (Å²) in [6.45, 7) is 2.59. The van der Waals surface area contributed by atoms with Gasteiger partial charge in [-0.2, -0.15) is 0 Å². The Morgan fingerprint density at radius 1 is 1.23 bits per heavy atom. The fourth-order valence-electron chi connectivity index (χ4n) is 3.26. The van der Waals surface area contributed by atoms with Gasteiger partial charge in [0.1, 0.15) is 5.82 Å². The third-order valence-electron chi connectivity index (χ3n) is 4.67. The normalized spacial score (nSPS) is 22.5. The maximum atomic E-state index is 12.9. The zero-order chi connectivity index (χ0) is 15.4. The van der Waals surface area contributed by atoms with Gasteiger partial charge in [-0.25, -0.2) is 4.39 Å². The van der Waals surface area contributed by atoms with Crippen molar-refractivity contribution < 1.29 is 9.18 Å². The van der Waals surface area contributed by atoms with Crippen LogP contribution >= 0.6 is 0 Å². The number of carbonyl (C=O) groups is 1. The molecule has 0 unspecified atom stereocenters. The van der Waals surface area contributed by atoms with E-state index < -0.39 is 0 Å². The Morgan fingerprint density at radius 3 is 2.73 bits per heavy atom. The number of benzene rings is 1. The third kappa shape index (κ3) is 4.80. The molecule has 2 aliphatic rings. The number of rotatable bonds is 6. The first kappa shape index (κ1) is 15.5. The van der Waals surface area contributed by atoms with Gasteiger partial charge >= 0.3 is 0 Å². The largest absolute Gasteiger partial charge is 0.352 e. The first-order valence-corrected chi connectivity index (χ1v) is 8.45. The Labute approximate surface area is 131 Å². The van der Waals surface area contributed by atoms with Crippen LogP contribution in [0.5, 0.6) is 0 Å². The van der Waals surface area contributed by atoms with Gasteiger partial charge in [-0.05, 0) is 68.7 Å². The smallest absolute Gasteiger partial charge is 0.234 e. The number of halogens is 1. The predicted molar refractivity (Wildman–Crippen MR) is 85.0 cm³/mol. The number of nitrogens with one attached hydrogen (secondary N) is 1. The highest BCUT2D eigenvalue weighted by atomic mass is 19.1. The number of piperidine rings is 1. The van der Waals surface area contributed by atoms with E-state index in [9.17, 15) is 9.18 Å². The molecule has 1 saturated carbocycles. The highest BCUT2D eigenvalue weighted by molar-refractivity contribution is 5.78. The SMILES string of the molecule is O=C(CN1CCC[C@@H](CCc2ccc(F)cc2)C1)NC1CC1. The standard InChI is InChI=1S/C18H25FN2O/c19-16-7-5-14(6-8-16)3-4-15-2-1-11-21(12-15)13-18(22)20-17-9-10-17/h5-8,15,17H,1-4,9-13H2,(H,20,22)/t15-/m0/s1. The zero-order valence-corrected chi connectivity index (χ0v) is 13.1. The molecule has 4 heteroatoms. The van der Waals surface area contributed by atoms with Crippen LogP contribution in [-0.2, 0) is 11.2 Å². The number of amides is 1. The Hall–Kier alpha value is -1.42. The van der Waals surface area contributed by atoms with Gasteiger partial charge < -0.3 is 5.32 Å². The molecule has 1 aromatic carbocycles. The van der Waals surface area contributed by atoms with Crippen LogP contribution in [-0.4, -0.2) is 36.5 Å². The van der Waals surface area contributed by atoms with E-state index in [2.05, 4.69) is 10.2 Å². The topological polar surface area (TPSA) is 32.3 Å². The van der Waals surface area contributed by atoms with Crippen molar-refractivity contribution >= 4 is 5.91 Å². The molecular weight excluding hydrogens is 279 g/mol. The van der Waals surface area contributed by atoms with Crippen LogP contribution in [0, 0.1) is 11.7 Å².